The highest BCUT2D eigenvalue weighted by atomic mass is 16.3. The summed E-state index contributed by atoms with van der Waals surface area (Å²) in [6, 6.07) is 1.59. The number of aromatic nitrogens is 3. The third-order valence-corrected chi connectivity index (χ3v) is 1.61. The Balaban J connectivity index is 2.82. The first-order valence-corrected chi connectivity index (χ1v) is 3.24. The van der Waals surface area contributed by atoms with Crippen molar-refractivity contribution in [3.8, 4) is 17.3 Å². The summed E-state index contributed by atoms with van der Waals surface area (Å²) in [5.74, 6) is 0.876. The average molecular weight is 149 g/mol. The lowest BCUT2D eigenvalue weighted by Gasteiger charge is -2.04. The number of fused-ring (bicyclic) bond motifs is 1. The average Bonchev–Trinajstić information content (AvgIpc) is 2.45. The molecule has 1 N–H and O–H groups in total. The van der Waals surface area contributed by atoms with Crippen molar-refractivity contribution in [3.63, 3.8) is 0 Å². The van der Waals surface area contributed by atoms with E-state index in [1.54, 1.807) is 12.3 Å². The molecule has 0 aromatic heterocycles. The second-order valence-electron chi connectivity index (χ2n) is 2.36. The van der Waals surface area contributed by atoms with Crippen LogP contribution in [0.4, 0.5) is 0 Å². The van der Waals surface area contributed by atoms with Gasteiger partial charge in [0, 0.05) is 13.2 Å². The highest BCUT2D eigenvalue weighted by Gasteiger charge is 2.11. The van der Waals surface area contributed by atoms with Gasteiger partial charge in [-0.05, 0) is 6.07 Å². The third kappa shape index (κ3) is 0.756. The molecule has 0 spiro atoms. The van der Waals surface area contributed by atoms with Crippen LogP contribution in [-0.2, 0) is 7.05 Å². The molecule has 0 atom stereocenters. The number of aryl methyl sites for hydroxylation is 1. The minimum atomic E-state index is 0.176. The molecule has 0 aromatic carbocycles. The highest BCUT2D eigenvalue weighted by molar-refractivity contribution is 5.59. The van der Waals surface area contributed by atoms with Gasteiger partial charge in [0.25, 0.3) is 0 Å². The standard InChI is InChI=1S/C7H7N3O/c1-10-3-2-5(11)6-7(10)9-4-8-6/h2-4,11H,1H3. The van der Waals surface area contributed by atoms with Gasteiger partial charge in [0.1, 0.15) is 17.8 Å². The SMILES string of the molecule is Cn1ccc(O)c2ncnc1-2. The lowest BCUT2D eigenvalue weighted by molar-refractivity contribution is 0.473. The van der Waals surface area contributed by atoms with Gasteiger partial charge in [-0.1, -0.05) is 0 Å². The maximum absolute atomic E-state index is 9.27. The second-order valence-corrected chi connectivity index (χ2v) is 2.36. The summed E-state index contributed by atoms with van der Waals surface area (Å²) in [5.41, 5.74) is 0.551. The van der Waals surface area contributed by atoms with Crippen LogP contribution in [0.3, 0.4) is 0 Å². The van der Waals surface area contributed by atoms with E-state index in [0.29, 0.717) is 11.5 Å². The van der Waals surface area contributed by atoms with Crippen LogP contribution in [0, 0.1) is 0 Å². The zero-order valence-electron chi connectivity index (χ0n) is 6.02. The van der Waals surface area contributed by atoms with Gasteiger partial charge in [-0.15, -0.1) is 0 Å². The molecule has 0 amide bonds. The molecule has 0 aromatic rings. The summed E-state index contributed by atoms with van der Waals surface area (Å²) in [7, 11) is 1.86. The van der Waals surface area contributed by atoms with Gasteiger partial charge < -0.3 is 9.67 Å². The van der Waals surface area contributed by atoms with Crippen LogP contribution in [0.1, 0.15) is 0 Å². The summed E-state index contributed by atoms with van der Waals surface area (Å²) in [6.07, 6.45) is 3.18. The summed E-state index contributed by atoms with van der Waals surface area (Å²) >= 11 is 0. The monoisotopic (exact) mass is 149 g/mol. The molecule has 0 unspecified atom stereocenters. The molecule has 0 saturated heterocycles. The molecule has 0 fully saturated rings. The third-order valence-electron chi connectivity index (χ3n) is 1.61. The molecule has 0 radical (unpaired) electrons. The fraction of sp³-hybridized carbons (Fsp3) is 0.143. The normalized spacial score (nSPS) is 10.6. The van der Waals surface area contributed by atoms with Crippen LogP contribution < -0.4 is 0 Å². The first kappa shape index (κ1) is 6.15. The van der Waals surface area contributed by atoms with E-state index in [1.165, 1.54) is 6.33 Å². The van der Waals surface area contributed by atoms with E-state index in [4.69, 9.17) is 0 Å². The van der Waals surface area contributed by atoms with E-state index in [2.05, 4.69) is 9.97 Å². The van der Waals surface area contributed by atoms with E-state index in [-0.39, 0.29) is 5.75 Å². The van der Waals surface area contributed by atoms with Gasteiger partial charge in [-0.25, -0.2) is 9.97 Å². The van der Waals surface area contributed by atoms with E-state index in [9.17, 15) is 5.11 Å². The molecular formula is C7H7N3O. The largest absolute Gasteiger partial charge is 0.505 e. The Kier molecular flexibility index (Phi) is 1.09. The van der Waals surface area contributed by atoms with Crippen molar-refractivity contribution in [2.75, 3.05) is 0 Å². The Morgan fingerprint density at radius 2 is 2.27 bits per heavy atom. The summed E-state index contributed by atoms with van der Waals surface area (Å²) in [6.45, 7) is 0. The highest BCUT2D eigenvalue weighted by Crippen LogP contribution is 2.25. The topological polar surface area (TPSA) is 50.9 Å². The Bertz CT molecular complexity index is 322. The summed E-state index contributed by atoms with van der Waals surface area (Å²) in [4.78, 5) is 7.87. The molecule has 0 aliphatic carbocycles. The number of aromatic hydroxyl groups is 1. The minimum Gasteiger partial charge on any atom is -0.505 e. The molecular weight excluding hydrogens is 142 g/mol. The Hall–Kier alpha value is -1.58. The first-order chi connectivity index (χ1) is 5.29. The van der Waals surface area contributed by atoms with Crippen molar-refractivity contribution < 1.29 is 5.11 Å². The molecule has 4 heteroatoms. The number of hydrogen-bond acceptors (Lipinski definition) is 3. The van der Waals surface area contributed by atoms with Crippen molar-refractivity contribution in [3.05, 3.63) is 18.6 Å². The van der Waals surface area contributed by atoms with Gasteiger partial charge in [0.05, 0.1) is 0 Å². The van der Waals surface area contributed by atoms with E-state index >= 15 is 0 Å². The van der Waals surface area contributed by atoms with Crippen molar-refractivity contribution in [2.24, 2.45) is 7.05 Å². The number of rotatable bonds is 0. The lowest BCUT2D eigenvalue weighted by Crippen LogP contribution is -1.96. The van der Waals surface area contributed by atoms with E-state index < -0.39 is 0 Å². The summed E-state index contributed by atoms with van der Waals surface area (Å²) < 4.78 is 1.81. The van der Waals surface area contributed by atoms with E-state index in [0.717, 1.165) is 0 Å². The van der Waals surface area contributed by atoms with Crippen molar-refractivity contribution in [2.45, 2.75) is 0 Å². The zero-order chi connectivity index (χ0) is 7.84. The van der Waals surface area contributed by atoms with Gasteiger partial charge in [-0.2, -0.15) is 0 Å². The predicted molar refractivity (Wildman–Crippen MR) is 39.3 cm³/mol. The fourth-order valence-electron chi connectivity index (χ4n) is 1.03. The van der Waals surface area contributed by atoms with Gasteiger partial charge in [0.15, 0.2) is 5.82 Å². The second kappa shape index (κ2) is 1.95. The Morgan fingerprint density at radius 3 is 3.00 bits per heavy atom. The Morgan fingerprint density at radius 1 is 1.45 bits per heavy atom. The van der Waals surface area contributed by atoms with Crippen LogP contribution in [0.2, 0.25) is 0 Å². The van der Waals surface area contributed by atoms with Crippen molar-refractivity contribution in [1.29, 1.82) is 0 Å². The molecule has 4 nitrogen and oxygen atoms in total. The number of pyridine rings is 1. The van der Waals surface area contributed by atoms with Gasteiger partial charge in [0.2, 0.25) is 0 Å². The van der Waals surface area contributed by atoms with Crippen LogP contribution in [0.25, 0.3) is 11.5 Å². The van der Waals surface area contributed by atoms with Crippen LogP contribution in [-0.4, -0.2) is 19.6 Å². The number of nitrogens with zero attached hydrogens (tertiary/aromatic N) is 3. The van der Waals surface area contributed by atoms with Crippen LogP contribution in [0.5, 0.6) is 5.75 Å². The molecule has 11 heavy (non-hydrogen) atoms. The molecule has 0 saturated carbocycles. The van der Waals surface area contributed by atoms with Crippen molar-refractivity contribution >= 4 is 0 Å². The quantitative estimate of drug-likeness (QED) is 0.597. The summed E-state index contributed by atoms with van der Waals surface area (Å²) in [5, 5.41) is 9.27. The van der Waals surface area contributed by atoms with Gasteiger partial charge >= 0.3 is 0 Å². The fourth-order valence-corrected chi connectivity index (χ4v) is 1.03. The number of hydrogen-bond donors (Lipinski definition) is 1. The molecule has 2 heterocycles. The van der Waals surface area contributed by atoms with Crippen molar-refractivity contribution in [1.82, 2.24) is 14.5 Å². The maximum Gasteiger partial charge on any atom is 0.163 e. The molecule has 56 valence electrons. The van der Waals surface area contributed by atoms with E-state index in [1.807, 2.05) is 11.6 Å². The zero-order valence-corrected chi connectivity index (χ0v) is 6.02. The predicted octanol–water partition coefficient (Wildman–Crippen LogP) is 0.625. The van der Waals surface area contributed by atoms with Gasteiger partial charge in [-0.3, -0.25) is 0 Å². The number of imidazole rings is 1. The van der Waals surface area contributed by atoms with Crippen LogP contribution >= 0.6 is 0 Å². The molecule has 2 rings (SSSR count). The molecule has 2 aliphatic heterocycles. The van der Waals surface area contributed by atoms with Crippen LogP contribution in [0.15, 0.2) is 18.6 Å². The first-order valence-electron chi connectivity index (χ1n) is 3.24. The maximum atomic E-state index is 9.27. The molecule has 2 aliphatic rings. The molecule has 0 bridgehead atoms. The smallest absolute Gasteiger partial charge is 0.163 e. The lowest BCUT2D eigenvalue weighted by atomic mass is 10.3. The Labute approximate surface area is 63.5 Å². The minimum absolute atomic E-state index is 0.176.